The number of allylic oxidation sites excluding steroid dienone is 1. The Balaban J connectivity index is 3.71. The molecule has 0 heterocycles. The summed E-state index contributed by atoms with van der Waals surface area (Å²) in [7, 11) is 0. The summed E-state index contributed by atoms with van der Waals surface area (Å²) in [5, 5.41) is 0. The van der Waals surface area contributed by atoms with Crippen LogP contribution in [0.1, 0.15) is 66.7 Å². The van der Waals surface area contributed by atoms with Crippen molar-refractivity contribution in [2.45, 2.75) is 66.7 Å². The number of carbonyl (C=O) groups excluding carboxylic acids is 1. The van der Waals surface area contributed by atoms with Gasteiger partial charge < -0.3 is 4.74 Å². The highest BCUT2D eigenvalue weighted by Crippen LogP contribution is 2.22. The zero-order chi connectivity index (χ0) is 14.2. The third-order valence-electron chi connectivity index (χ3n) is 3.58. The fraction of sp³-hybridized carbons (Fsp3) is 0.812. The van der Waals surface area contributed by atoms with Crippen molar-refractivity contribution in [3.05, 3.63) is 12.2 Å². The Bertz CT molecular complexity index is 266. The first kappa shape index (κ1) is 17.2. The first-order valence-electron chi connectivity index (χ1n) is 7.11. The van der Waals surface area contributed by atoms with Crippen molar-refractivity contribution in [1.29, 1.82) is 0 Å². The van der Waals surface area contributed by atoms with Crippen LogP contribution in [0.25, 0.3) is 0 Å². The van der Waals surface area contributed by atoms with Crippen molar-refractivity contribution in [2.24, 2.45) is 11.3 Å². The zero-order valence-corrected chi connectivity index (χ0v) is 12.8. The molecule has 0 aromatic carbocycles. The SMILES string of the molecule is C=C(C)CCC[C@@H](C)CCOC(=O)C(C)(C)CC. The van der Waals surface area contributed by atoms with Crippen molar-refractivity contribution in [3.8, 4) is 0 Å². The lowest BCUT2D eigenvalue weighted by molar-refractivity contribution is -0.154. The first-order chi connectivity index (χ1) is 8.29. The van der Waals surface area contributed by atoms with Gasteiger partial charge in [-0.2, -0.15) is 0 Å². The fourth-order valence-electron chi connectivity index (χ4n) is 1.59. The van der Waals surface area contributed by atoms with Gasteiger partial charge in [0, 0.05) is 0 Å². The van der Waals surface area contributed by atoms with Gasteiger partial charge in [-0.15, -0.1) is 6.58 Å². The van der Waals surface area contributed by atoms with Gasteiger partial charge in [-0.25, -0.2) is 0 Å². The minimum atomic E-state index is -0.344. The highest BCUT2D eigenvalue weighted by atomic mass is 16.5. The molecule has 0 aliphatic rings. The lowest BCUT2D eigenvalue weighted by Crippen LogP contribution is -2.26. The number of rotatable bonds is 9. The van der Waals surface area contributed by atoms with E-state index in [1.807, 2.05) is 20.8 Å². The van der Waals surface area contributed by atoms with Crippen LogP contribution < -0.4 is 0 Å². The van der Waals surface area contributed by atoms with Crippen molar-refractivity contribution < 1.29 is 9.53 Å². The predicted molar refractivity (Wildman–Crippen MR) is 77.5 cm³/mol. The summed E-state index contributed by atoms with van der Waals surface area (Å²) in [6.45, 7) is 14.6. The van der Waals surface area contributed by atoms with E-state index in [1.54, 1.807) is 0 Å². The highest BCUT2D eigenvalue weighted by molar-refractivity contribution is 5.75. The lowest BCUT2D eigenvalue weighted by Gasteiger charge is -2.21. The predicted octanol–water partition coefficient (Wildman–Crippen LogP) is 4.74. The molecule has 0 aliphatic carbocycles. The molecule has 0 amide bonds. The molecule has 18 heavy (non-hydrogen) atoms. The Morgan fingerprint density at radius 3 is 2.44 bits per heavy atom. The van der Waals surface area contributed by atoms with E-state index < -0.39 is 0 Å². The molecule has 0 rings (SSSR count). The molecule has 0 saturated carbocycles. The van der Waals surface area contributed by atoms with Crippen LogP contribution in [0, 0.1) is 11.3 Å². The van der Waals surface area contributed by atoms with Gasteiger partial charge in [0.1, 0.15) is 0 Å². The van der Waals surface area contributed by atoms with Gasteiger partial charge in [-0.05, 0) is 52.4 Å². The molecular weight excluding hydrogens is 224 g/mol. The topological polar surface area (TPSA) is 26.3 Å². The monoisotopic (exact) mass is 254 g/mol. The summed E-state index contributed by atoms with van der Waals surface area (Å²) in [6, 6.07) is 0. The van der Waals surface area contributed by atoms with E-state index in [-0.39, 0.29) is 11.4 Å². The largest absolute Gasteiger partial charge is 0.465 e. The molecule has 106 valence electrons. The molecule has 0 aromatic rings. The third kappa shape index (κ3) is 7.52. The van der Waals surface area contributed by atoms with E-state index in [9.17, 15) is 4.79 Å². The van der Waals surface area contributed by atoms with Gasteiger partial charge in [0.15, 0.2) is 0 Å². The molecule has 0 unspecified atom stereocenters. The van der Waals surface area contributed by atoms with Crippen LogP contribution in [-0.4, -0.2) is 12.6 Å². The molecule has 0 spiro atoms. The molecule has 1 atom stereocenters. The molecule has 0 saturated heterocycles. The molecule has 0 aromatic heterocycles. The molecule has 2 nitrogen and oxygen atoms in total. The summed E-state index contributed by atoms with van der Waals surface area (Å²) in [5.41, 5.74) is 0.904. The van der Waals surface area contributed by atoms with Crippen molar-refractivity contribution in [3.63, 3.8) is 0 Å². The smallest absolute Gasteiger partial charge is 0.311 e. The minimum absolute atomic E-state index is 0.0702. The summed E-state index contributed by atoms with van der Waals surface area (Å²) in [4.78, 5) is 11.7. The standard InChI is InChI=1S/C16H30O2/c1-7-16(5,6)15(17)18-12-11-14(4)10-8-9-13(2)3/h14H,2,7-12H2,1,3-6H3/t14-/m1/s1. The van der Waals surface area contributed by atoms with Crippen molar-refractivity contribution in [2.75, 3.05) is 6.61 Å². The summed E-state index contributed by atoms with van der Waals surface area (Å²) in [6.07, 6.45) is 5.25. The molecule has 0 bridgehead atoms. The Labute approximate surface area is 113 Å². The second kappa shape index (κ2) is 8.34. The summed E-state index contributed by atoms with van der Waals surface area (Å²) >= 11 is 0. The summed E-state index contributed by atoms with van der Waals surface area (Å²) in [5.74, 6) is 0.543. The van der Waals surface area contributed by atoms with E-state index in [4.69, 9.17) is 4.74 Å². The number of hydrogen-bond acceptors (Lipinski definition) is 2. The van der Waals surface area contributed by atoms with Gasteiger partial charge >= 0.3 is 5.97 Å². The van der Waals surface area contributed by atoms with Gasteiger partial charge in [0.2, 0.25) is 0 Å². The fourth-order valence-corrected chi connectivity index (χ4v) is 1.59. The summed E-state index contributed by atoms with van der Waals surface area (Å²) < 4.78 is 5.34. The Kier molecular flexibility index (Phi) is 7.97. The van der Waals surface area contributed by atoms with Crippen molar-refractivity contribution >= 4 is 5.97 Å². The van der Waals surface area contributed by atoms with Gasteiger partial charge in [-0.1, -0.05) is 25.8 Å². The Hall–Kier alpha value is -0.790. The van der Waals surface area contributed by atoms with E-state index in [0.717, 1.165) is 19.3 Å². The number of hydrogen-bond donors (Lipinski definition) is 0. The average Bonchev–Trinajstić information content (AvgIpc) is 2.28. The van der Waals surface area contributed by atoms with Crippen LogP contribution in [0.3, 0.4) is 0 Å². The third-order valence-corrected chi connectivity index (χ3v) is 3.58. The van der Waals surface area contributed by atoms with E-state index in [0.29, 0.717) is 12.5 Å². The molecule has 0 N–H and O–H groups in total. The van der Waals surface area contributed by atoms with E-state index in [1.165, 1.54) is 18.4 Å². The van der Waals surface area contributed by atoms with Gasteiger partial charge in [0.05, 0.1) is 12.0 Å². The second-order valence-electron chi connectivity index (χ2n) is 6.12. The van der Waals surface area contributed by atoms with Crippen LogP contribution in [0.2, 0.25) is 0 Å². The number of esters is 1. The quantitative estimate of drug-likeness (QED) is 0.439. The van der Waals surface area contributed by atoms with Crippen LogP contribution in [0.4, 0.5) is 0 Å². The average molecular weight is 254 g/mol. The van der Waals surface area contributed by atoms with Crippen LogP contribution in [-0.2, 0) is 9.53 Å². The maximum absolute atomic E-state index is 11.7. The second-order valence-corrected chi connectivity index (χ2v) is 6.12. The molecule has 0 aliphatic heterocycles. The molecule has 0 fully saturated rings. The Morgan fingerprint density at radius 1 is 1.33 bits per heavy atom. The normalized spacial score (nSPS) is 13.2. The molecular formula is C16H30O2. The van der Waals surface area contributed by atoms with E-state index in [2.05, 4.69) is 20.4 Å². The van der Waals surface area contributed by atoms with Gasteiger partial charge in [-0.3, -0.25) is 4.79 Å². The Morgan fingerprint density at radius 2 is 1.94 bits per heavy atom. The highest BCUT2D eigenvalue weighted by Gasteiger charge is 2.26. The number of carbonyl (C=O) groups is 1. The lowest BCUT2D eigenvalue weighted by atomic mass is 9.91. The maximum atomic E-state index is 11.7. The number of ether oxygens (including phenoxy) is 1. The minimum Gasteiger partial charge on any atom is -0.465 e. The van der Waals surface area contributed by atoms with Crippen LogP contribution >= 0.6 is 0 Å². The molecule has 0 radical (unpaired) electrons. The first-order valence-corrected chi connectivity index (χ1v) is 7.11. The zero-order valence-electron chi connectivity index (χ0n) is 12.8. The van der Waals surface area contributed by atoms with Gasteiger partial charge in [0.25, 0.3) is 0 Å². The maximum Gasteiger partial charge on any atom is 0.311 e. The van der Waals surface area contributed by atoms with E-state index >= 15 is 0 Å². The van der Waals surface area contributed by atoms with Crippen molar-refractivity contribution in [1.82, 2.24) is 0 Å². The van der Waals surface area contributed by atoms with Crippen LogP contribution in [0.15, 0.2) is 12.2 Å². The van der Waals surface area contributed by atoms with Crippen LogP contribution in [0.5, 0.6) is 0 Å². The molecule has 2 heteroatoms.